The van der Waals surface area contributed by atoms with Crippen molar-refractivity contribution >= 4 is 32.4 Å². The van der Waals surface area contributed by atoms with Crippen molar-refractivity contribution in [2.24, 2.45) is 5.92 Å². The minimum Gasteiger partial charge on any atom is -0.379 e. The van der Waals surface area contributed by atoms with Crippen molar-refractivity contribution in [1.82, 2.24) is 9.29 Å². The average Bonchev–Trinajstić information content (AvgIpc) is 3.50. The van der Waals surface area contributed by atoms with E-state index in [1.54, 1.807) is 24.3 Å². The zero-order chi connectivity index (χ0) is 20.1. The van der Waals surface area contributed by atoms with Crippen LogP contribution in [0.1, 0.15) is 28.1 Å². The number of nitrogens with zero attached hydrogens (tertiary/aromatic N) is 2. The molecule has 1 aliphatic carbocycles. The Kier molecular flexibility index (Phi) is 6.82. The lowest BCUT2D eigenvalue weighted by molar-refractivity contribution is -0.117. The van der Waals surface area contributed by atoms with E-state index in [1.807, 2.05) is 19.2 Å². The summed E-state index contributed by atoms with van der Waals surface area (Å²) in [6.45, 7) is 5.59. The number of rotatable bonds is 5. The minimum absolute atomic E-state index is 0. The Morgan fingerprint density at radius 1 is 1.21 bits per heavy atom. The van der Waals surface area contributed by atoms with Gasteiger partial charge in [-0.25, -0.2) is 13.4 Å². The van der Waals surface area contributed by atoms with Gasteiger partial charge in [0.05, 0.1) is 23.8 Å². The number of aromatic nitrogens is 1. The number of morpholine rings is 1. The highest BCUT2D eigenvalue weighted by Crippen LogP contribution is 2.32. The summed E-state index contributed by atoms with van der Waals surface area (Å²) < 4.78 is 31.9. The van der Waals surface area contributed by atoms with Gasteiger partial charge in [-0.1, -0.05) is 26.0 Å². The summed E-state index contributed by atoms with van der Waals surface area (Å²) in [6, 6.07) is 6.69. The second kappa shape index (κ2) is 9.13. The molecule has 2 fully saturated rings. The van der Waals surface area contributed by atoms with E-state index in [-0.39, 0.29) is 18.1 Å². The first-order chi connectivity index (χ1) is 13.5. The molecule has 1 saturated carbocycles. The number of carbonyl (C=O) groups excluding carboxylic acids is 1. The molecule has 1 saturated heterocycles. The maximum Gasteiger partial charge on any atom is 0.243 e. The molecule has 28 heavy (non-hydrogen) atoms. The third-order valence-corrected chi connectivity index (χ3v) is 7.11. The molecular formula is C19H27N3O4S2. The van der Waals surface area contributed by atoms with E-state index in [2.05, 4.69) is 10.3 Å². The number of hydrogen-bond acceptors (Lipinski definition) is 6. The van der Waals surface area contributed by atoms with Crippen molar-refractivity contribution in [3.05, 3.63) is 29.6 Å². The first-order valence-electron chi connectivity index (χ1n) is 9.49. The molecule has 1 N–H and O–H groups in total. The number of sulfonamides is 1. The molecule has 0 atom stereocenters. The van der Waals surface area contributed by atoms with Crippen LogP contribution in [-0.2, 0) is 19.6 Å². The quantitative estimate of drug-likeness (QED) is 0.793. The Labute approximate surface area is 171 Å². The number of amides is 1. The molecule has 1 aromatic heterocycles. The van der Waals surface area contributed by atoms with Crippen LogP contribution in [0, 0.1) is 5.92 Å². The van der Waals surface area contributed by atoms with Crippen LogP contribution in [0.2, 0.25) is 0 Å². The monoisotopic (exact) mass is 425 g/mol. The second-order valence-electron chi connectivity index (χ2n) is 6.34. The van der Waals surface area contributed by atoms with Crippen LogP contribution < -0.4 is 5.32 Å². The molecule has 2 aromatic rings. The summed E-state index contributed by atoms with van der Waals surface area (Å²) in [5, 5.41) is 5.25. The van der Waals surface area contributed by atoms with E-state index in [0.717, 1.165) is 24.1 Å². The summed E-state index contributed by atoms with van der Waals surface area (Å²) in [6.07, 6.45) is 1.90. The standard InChI is InChI=1S/C17H19N3O4S2.C2H6.H2/c21-16(13-1-2-13)19-17-18-15(11-25-17)12-3-5-14(6-4-12)26(22,23)20-7-9-24-10-8-20;1-2;/h3-6,11,13H,1-2,7-10H2,(H,18,19,21);1-2H3;1H. The lowest BCUT2D eigenvalue weighted by Gasteiger charge is -2.26. The smallest absolute Gasteiger partial charge is 0.243 e. The lowest BCUT2D eigenvalue weighted by Crippen LogP contribution is -2.40. The molecule has 0 unspecified atom stereocenters. The van der Waals surface area contributed by atoms with E-state index < -0.39 is 10.0 Å². The molecule has 1 amide bonds. The van der Waals surface area contributed by atoms with Crippen LogP contribution in [0.5, 0.6) is 0 Å². The van der Waals surface area contributed by atoms with E-state index in [9.17, 15) is 13.2 Å². The van der Waals surface area contributed by atoms with Crippen LogP contribution >= 0.6 is 11.3 Å². The SMILES string of the molecule is CC.O=C(Nc1nc(-c2ccc(S(=O)(=O)N3CCOCC3)cc2)cs1)C1CC1.[HH]. The third kappa shape index (κ3) is 4.78. The maximum absolute atomic E-state index is 12.6. The predicted molar refractivity (Wildman–Crippen MR) is 112 cm³/mol. The van der Waals surface area contributed by atoms with E-state index in [1.165, 1.54) is 15.6 Å². The number of benzene rings is 1. The number of hydrogen-bond donors (Lipinski definition) is 1. The van der Waals surface area contributed by atoms with Crippen LogP contribution in [0.25, 0.3) is 11.3 Å². The maximum atomic E-state index is 12.6. The zero-order valence-electron chi connectivity index (χ0n) is 16.1. The van der Waals surface area contributed by atoms with Crippen molar-refractivity contribution in [3.8, 4) is 11.3 Å². The molecule has 1 aromatic carbocycles. The molecule has 0 bridgehead atoms. The Bertz CT molecular complexity index is 906. The van der Waals surface area contributed by atoms with Gasteiger partial charge in [0.15, 0.2) is 5.13 Å². The van der Waals surface area contributed by atoms with Crippen molar-refractivity contribution in [2.45, 2.75) is 31.6 Å². The summed E-state index contributed by atoms with van der Waals surface area (Å²) >= 11 is 1.37. The van der Waals surface area contributed by atoms with Crippen LogP contribution in [0.4, 0.5) is 5.13 Å². The summed E-state index contributed by atoms with van der Waals surface area (Å²) in [4.78, 5) is 16.5. The number of anilines is 1. The average molecular weight is 426 g/mol. The summed E-state index contributed by atoms with van der Waals surface area (Å²) in [5.74, 6) is 0.157. The van der Waals surface area contributed by atoms with Crippen molar-refractivity contribution in [2.75, 3.05) is 31.6 Å². The van der Waals surface area contributed by atoms with Crippen molar-refractivity contribution in [1.29, 1.82) is 0 Å². The molecule has 7 nitrogen and oxygen atoms in total. The van der Waals surface area contributed by atoms with Gasteiger partial charge in [0.1, 0.15) is 0 Å². The number of carbonyl (C=O) groups is 1. The fourth-order valence-electron chi connectivity index (χ4n) is 2.75. The van der Waals surface area contributed by atoms with Crippen molar-refractivity contribution < 1.29 is 19.4 Å². The van der Waals surface area contributed by atoms with Crippen LogP contribution in [-0.4, -0.2) is 49.9 Å². The second-order valence-corrected chi connectivity index (χ2v) is 9.14. The Morgan fingerprint density at radius 2 is 1.86 bits per heavy atom. The van der Waals surface area contributed by atoms with Gasteiger partial charge in [-0.2, -0.15) is 4.31 Å². The molecule has 1 aliphatic heterocycles. The molecular weight excluding hydrogens is 398 g/mol. The van der Waals surface area contributed by atoms with Gasteiger partial charge in [0.25, 0.3) is 0 Å². The Balaban J connectivity index is 0.000000970. The summed E-state index contributed by atoms with van der Waals surface area (Å²) in [5.41, 5.74) is 1.53. The molecule has 2 aliphatic rings. The molecule has 0 spiro atoms. The van der Waals surface area contributed by atoms with Crippen LogP contribution in [0.3, 0.4) is 0 Å². The van der Waals surface area contributed by atoms with E-state index in [4.69, 9.17) is 4.74 Å². The van der Waals surface area contributed by atoms with Gasteiger partial charge in [-0.3, -0.25) is 4.79 Å². The number of nitrogens with one attached hydrogen (secondary N) is 1. The first-order valence-corrected chi connectivity index (χ1v) is 11.8. The van der Waals surface area contributed by atoms with Crippen molar-refractivity contribution in [3.63, 3.8) is 0 Å². The van der Waals surface area contributed by atoms with Gasteiger partial charge in [-0.05, 0) is 25.0 Å². The zero-order valence-corrected chi connectivity index (χ0v) is 17.7. The number of ether oxygens (including phenoxy) is 1. The lowest BCUT2D eigenvalue weighted by atomic mass is 10.2. The van der Waals surface area contributed by atoms with Gasteiger partial charge in [-0.15, -0.1) is 11.3 Å². The molecule has 0 radical (unpaired) electrons. The van der Waals surface area contributed by atoms with Gasteiger partial charge >= 0.3 is 0 Å². The number of thiazole rings is 1. The highest BCUT2D eigenvalue weighted by Gasteiger charge is 2.30. The Hall–Kier alpha value is -1.81. The highest BCUT2D eigenvalue weighted by molar-refractivity contribution is 7.89. The molecule has 2 heterocycles. The largest absolute Gasteiger partial charge is 0.379 e. The first kappa shape index (κ1) is 20.9. The summed E-state index contributed by atoms with van der Waals surface area (Å²) in [7, 11) is -3.50. The van der Waals surface area contributed by atoms with Gasteiger partial charge in [0, 0.05) is 31.4 Å². The van der Waals surface area contributed by atoms with Crippen LogP contribution in [0.15, 0.2) is 34.5 Å². The normalized spacial score (nSPS) is 17.5. The Morgan fingerprint density at radius 3 is 2.46 bits per heavy atom. The van der Waals surface area contributed by atoms with Gasteiger partial charge in [0.2, 0.25) is 15.9 Å². The topological polar surface area (TPSA) is 88.6 Å². The van der Waals surface area contributed by atoms with Gasteiger partial charge < -0.3 is 10.1 Å². The predicted octanol–water partition coefficient (Wildman–Crippen LogP) is 3.45. The third-order valence-electron chi connectivity index (χ3n) is 4.44. The van der Waals surface area contributed by atoms with E-state index >= 15 is 0 Å². The van der Waals surface area contributed by atoms with E-state index in [0.29, 0.717) is 31.4 Å². The molecule has 154 valence electrons. The molecule has 4 rings (SSSR count). The fraction of sp³-hybridized carbons (Fsp3) is 0.474. The highest BCUT2D eigenvalue weighted by atomic mass is 32.2. The fourth-order valence-corrected chi connectivity index (χ4v) is 4.88. The minimum atomic E-state index is -3.50. The molecule has 9 heteroatoms.